The number of ether oxygens (including phenoxy) is 1. The van der Waals surface area contributed by atoms with Crippen LogP contribution in [0.15, 0.2) is 48.5 Å². The van der Waals surface area contributed by atoms with Gasteiger partial charge in [0.05, 0.1) is 10.2 Å². The van der Waals surface area contributed by atoms with Crippen LogP contribution in [0.5, 0.6) is 10.9 Å². The van der Waals surface area contributed by atoms with Gasteiger partial charge in [-0.1, -0.05) is 48.4 Å². The third-order valence-corrected chi connectivity index (χ3v) is 7.70. The Morgan fingerprint density at radius 2 is 1.75 bits per heavy atom. The van der Waals surface area contributed by atoms with E-state index < -0.39 is 0 Å². The van der Waals surface area contributed by atoms with Gasteiger partial charge in [-0.3, -0.25) is 9.69 Å². The first kappa shape index (κ1) is 21.4. The molecule has 2 fully saturated rings. The molecule has 1 amide bonds. The molecule has 2 aromatic carbocycles. The Bertz CT molecular complexity index is 1000. The van der Waals surface area contributed by atoms with E-state index in [-0.39, 0.29) is 0 Å². The van der Waals surface area contributed by atoms with E-state index >= 15 is 0 Å². The standard InChI is InChI=1S/C26H31N3O2S/c30-25(19-21-5-1-2-6-21)29-17-15-28(16-18-29)14-13-20-9-11-22(12-10-20)31-26-27-23-7-3-4-8-24(23)32-26/h3-4,7-12,21H,1-2,5-6,13-19H2. The molecular formula is C26H31N3O2S. The van der Waals surface area contributed by atoms with Crippen LogP contribution in [0.2, 0.25) is 0 Å². The van der Waals surface area contributed by atoms with Crippen LogP contribution < -0.4 is 4.74 Å². The van der Waals surface area contributed by atoms with Crippen molar-refractivity contribution in [1.82, 2.24) is 14.8 Å². The molecule has 1 aromatic heterocycles. The van der Waals surface area contributed by atoms with Gasteiger partial charge < -0.3 is 9.64 Å². The number of hydrogen-bond acceptors (Lipinski definition) is 5. The molecule has 1 aliphatic heterocycles. The van der Waals surface area contributed by atoms with Crippen LogP contribution in [-0.2, 0) is 11.2 Å². The number of benzene rings is 2. The lowest BCUT2D eigenvalue weighted by molar-refractivity contribution is -0.133. The lowest BCUT2D eigenvalue weighted by Crippen LogP contribution is -2.49. The number of para-hydroxylation sites is 1. The van der Waals surface area contributed by atoms with Gasteiger partial charge in [0, 0.05) is 39.1 Å². The molecule has 0 bridgehead atoms. The highest BCUT2D eigenvalue weighted by Gasteiger charge is 2.25. The molecule has 0 radical (unpaired) electrons. The molecule has 6 heteroatoms. The van der Waals surface area contributed by atoms with Crippen LogP contribution in [0.1, 0.15) is 37.7 Å². The monoisotopic (exact) mass is 449 g/mol. The Morgan fingerprint density at radius 1 is 1.00 bits per heavy atom. The number of amides is 1. The van der Waals surface area contributed by atoms with Crippen LogP contribution in [0.4, 0.5) is 0 Å². The number of aromatic nitrogens is 1. The molecule has 0 N–H and O–H groups in total. The highest BCUT2D eigenvalue weighted by Crippen LogP contribution is 2.31. The number of rotatable bonds is 7. The predicted octanol–water partition coefficient (Wildman–Crippen LogP) is 5.36. The molecule has 168 valence electrons. The van der Waals surface area contributed by atoms with Crippen molar-refractivity contribution < 1.29 is 9.53 Å². The highest BCUT2D eigenvalue weighted by atomic mass is 32.1. The van der Waals surface area contributed by atoms with E-state index in [2.05, 4.69) is 33.0 Å². The van der Waals surface area contributed by atoms with Crippen LogP contribution in [-0.4, -0.2) is 53.4 Å². The Morgan fingerprint density at radius 3 is 2.50 bits per heavy atom. The zero-order chi connectivity index (χ0) is 21.8. The highest BCUT2D eigenvalue weighted by molar-refractivity contribution is 7.20. The number of nitrogens with zero attached hydrogens (tertiary/aromatic N) is 3. The minimum Gasteiger partial charge on any atom is -0.431 e. The van der Waals surface area contributed by atoms with Crippen molar-refractivity contribution in [3.63, 3.8) is 0 Å². The van der Waals surface area contributed by atoms with E-state index in [9.17, 15) is 4.79 Å². The maximum atomic E-state index is 12.5. The fraction of sp³-hybridized carbons (Fsp3) is 0.462. The molecule has 1 aliphatic carbocycles. The van der Waals surface area contributed by atoms with Crippen molar-refractivity contribution in [3.05, 3.63) is 54.1 Å². The lowest BCUT2D eigenvalue weighted by atomic mass is 10.0. The number of hydrogen-bond donors (Lipinski definition) is 0. The average Bonchev–Trinajstić information content (AvgIpc) is 3.48. The van der Waals surface area contributed by atoms with E-state index in [0.29, 0.717) is 17.0 Å². The van der Waals surface area contributed by atoms with Gasteiger partial charge >= 0.3 is 0 Å². The number of carbonyl (C=O) groups excluding carboxylic acids is 1. The van der Waals surface area contributed by atoms with E-state index in [4.69, 9.17) is 4.74 Å². The van der Waals surface area contributed by atoms with Crippen LogP contribution in [0, 0.1) is 5.92 Å². The first-order valence-corrected chi connectivity index (χ1v) is 12.7. The molecule has 2 aliphatic rings. The van der Waals surface area contributed by atoms with Gasteiger partial charge in [0.2, 0.25) is 5.91 Å². The summed E-state index contributed by atoms with van der Waals surface area (Å²) in [5.41, 5.74) is 2.28. The summed E-state index contributed by atoms with van der Waals surface area (Å²) in [6.45, 7) is 4.74. The third-order valence-electron chi connectivity index (χ3n) is 6.78. The van der Waals surface area contributed by atoms with Gasteiger partial charge in [0.1, 0.15) is 5.75 Å². The second-order valence-electron chi connectivity index (χ2n) is 9.02. The van der Waals surface area contributed by atoms with E-state index in [0.717, 1.165) is 61.5 Å². The number of fused-ring (bicyclic) bond motifs is 1. The quantitative estimate of drug-likeness (QED) is 0.487. The summed E-state index contributed by atoms with van der Waals surface area (Å²) < 4.78 is 7.09. The van der Waals surface area contributed by atoms with Crippen molar-refractivity contribution in [2.75, 3.05) is 32.7 Å². The minimum absolute atomic E-state index is 0.375. The molecule has 5 rings (SSSR count). The second kappa shape index (κ2) is 10.0. The first-order valence-electron chi connectivity index (χ1n) is 11.9. The fourth-order valence-corrected chi connectivity index (χ4v) is 5.65. The van der Waals surface area contributed by atoms with Crippen molar-refractivity contribution in [2.24, 2.45) is 5.92 Å². The Balaban J connectivity index is 1.06. The van der Waals surface area contributed by atoms with Gasteiger partial charge in [-0.05, 0) is 55.0 Å². The molecule has 0 unspecified atom stereocenters. The molecule has 0 atom stereocenters. The number of carbonyl (C=O) groups is 1. The van der Waals surface area contributed by atoms with Crippen molar-refractivity contribution in [3.8, 4) is 10.9 Å². The predicted molar refractivity (Wildman–Crippen MR) is 129 cm³/mol. The summed E-state index contributed by atoms with van der Waals surface area (Å²) in [6.07, 6.45) is 6.89. The van der Waals surface area contributed by atoms with E-state index in [1.54, 1.807) is 11.3 Å². The summed E-state index contributed by atoms with van der Waals surface area (Å²) in [5.74, 6) is 1.84. The summed E-state index contributed by atoms with van der Waals surface area (Å²) in [6, 6.07) is 16.4. The van der Waals surface area contributed by atoms with Crippen LogP contribution in [0.25, 0.3) is 10.2 Å². The summed E-state index contributed by atoms with van der Waals surface area (Å²) >= 11 is 1.57. The lowest BCUT2D eigenvalue weighted by Gasteiger charge is -2.35. The molecule has 5 nitrogen and oxygen atoms in total. The zero-order valence-electron chi connectivity index (χ0n) is 18.5. The maximum Gasteiger partial charge on any atom is 0.279 e. The third kappa shape index (κ3) is 5.30. The van der Waals surface area contributed by atoms with Gasteiger partial charge in [0.15, 0.2) is 0 Å². The molecule has 1 saturated heterocycles. The topological polar surface area (TPSA) is 45.7 Å². The molecule has 32 heavy (non-hydrogen) atoms. The van der Waals surface area contributed by atoms with E-state index in [1.807, 2.05) is 30.3 Å². The van der Waals surface area contributed by atoms with Crippen LogP contribution >= 0.6 is 11.3 Å². The molecule has 0 spiro atoms. The SMILES string of the molecule is O=C(CC1CCCC1)N1CCN(CCc2ccc(Oc3nc4ccccc4s3)cc2)CC1. The Kier molecular flexibility index (Phi) is 6.69. The molecule has 3 aromatic rings. The summed E-state index contributed by atoms with van der Waals surface area (Å²) in [7, 11) is 0. The summed E-state index contributed by atoms with van der Waals surface area (Å²) in [4.78, 5) is 21.6. The second-order valence-corrected chi connectivity index (χ2v) is 10.0. The van der Waals surface area contributed by atoms with Gasteiger partial charge in [-0.25, -0.2) is 4.98 Å². The normalized spacial score (nSPS) is 17.8. The number of thiazole rings is 1. The maximum absolute atomic E-state index is 12.5. The van der Waals surface area contributed by atoms with Gasteiger partial charge in [0.25, 0.3) is 5.19 Å². The van der Waals surface area contributed by atoms with Gasteiger partial charge in [-0.15, -0.1) is 0 Å². The fourth-order valence-electron chi connectivity index (χ4n) is 4.82. The van der Waals surface area contributed by atoms with Crippen molar-refractivity contribution in [2.45, 2.75) is 38.5 Å². The smallest absolute Gasteiger partial charge is 0.279 e. The average molecular weight is 450 g/mol. The minimum atomic E-state index is 0.375. The zero-order valence-corrected chi connectivity index (χ0v) is 19.4. The molecule has 1 saturated carbocycles. The first-order chi connectivity index (χ1) is 15.7. The van der Waals surface area contributed by atoms with Crippen molar-refractivity contribution >= 4 is 27.5 Å². The largest absolute Gasteiger partial charge is 0.431 e. The summed E-state index contributed by atoms with van der Waals surface area (Å²) in [5, 5.41) is 0.680. The molecule has 2 heterocycles. The number of piperazine rings is 1. The van der Waals surface area contributed by atoms with Crippen LogP contribution in [0.3, 0.4) is 0 Å². The Labute approximate surface area is 194 Å². The van der Waals surface area contributed by atoms with E-state index in [1.165, 1.54) is 31.2 Å². The molecular weight excluding hydrogens is 418 g/mol. The Hall–Kier alpha value is -2.44. The van der Waals surface area contributed by atoms with Crippen molar-refractivity contribution in [1.29, 1.82) is 0 Å². The van der Waals surface area contributed by atoms with Gasteiger partial charge in [-0.2, -0.15) is 0 Å².